The Balaban J connectivity index is 2.82. The molecule has 0 N–H and O–H groups in total. The van der Waals surface area contributed by atoms with Gasteiger partial charge in [-0.1, -0.05) is 24.6 Å². The van der Waals surface area contributed by atoms with Gasteiger partial charge in [-0.25, -0.2) is 4.39 Å². The van der Waals surface area contributed by atoms with E-state index in [1.165, 1.54) is 12.2 Å². The lowest BCUT2D eigenvalue weighted by Gasteiger charge is -2.10. The Morgan fingerprint density at radius 2 is 2.00 bits per heavy atom. The third-order valence-corrected chi connectivity index (χ3v) is 1.91. The molecule has 0 bridgehead atoms. The highest BCUT2D eigenvalue weighted by atomic mass is 19.4. The molecule has 0 amide bonds. The summed E-state index contributed by atoms with van der Waals surface area (Å²) in [5, 5.41) is 0. The van der Waals surface area contributed by atoms with Crippen LogP contribution in [-0.2, 0) is 4.74 Å². The lowest BCUT2D eigenvalue weighted by molar-refractivity contribution is -0.306. The second-order valence-corrected chi connectivity index (χ2v) is 2.99. The van der Waals surface area contributed by atoms with Crippen molar-refractivity contribution >= 4 is 0 Å². The van der Waals surface area contributed by atoms with Crippen molar-refractivity contribution in [3.63, 3.8) is 0 Å². The fourth-order valence-corrected chi connectivity index (χ4v) is 1.15. The molecule has 0 aliphatic heterocycles. The molecule has 5 heteroatoms. The molecule has 0 heterocycles. The Bertz CT molecular complexity index is 323. The van der Waals surface area contributed by atoms with Crippen LogP contribution >= 0.6 is 0 Å². The summed E-state index contributed by atoms with van der Waals surface area (Å²) in [6.07, 6.45) is -0.425. The Hall–Kier alpha value is -1.26. The molecule has 15 heavy (non-hydrogen) atoms. The molecule has 1 aliphatic rings. The molecule has 0 spiro atoms. The maximum absolute atomic E-state index is 13.1. The van der Waals surface area contributed by atoms with Gasteiger partial charge in [0.1, 0.15) is 5.76 Å². The summed E-state index contributed by atoms with van der Waals surface area (Å²) < 4.78 is 52.2. The number of hydrogen-bond acceptors (Lipinski definition) is 1. The van der Waals surface area contributed by atoms with E-state index >= 15 is 0 Å². The molecule has 0 unspecified atom stereocenters. The van der Waals surface area contributed by atoms with E-state index in [9.17, 15) is 17.6 Å². The highest BCUT2D eigenvalue weighted by Gasteiger charge is 2.33. The van der Waals surface area contributed by atoms with Gasteiger partial charge in [0.2, 0.25) is 0 Å². The van der Waals surface area contributed by atoms with Crippen LogP contribution in [0.2, 0.25) is 0 Å². The molecule has 0 aromatic rings. The maximum Gasteiger partial charge on any atom is 0.572 e. The summed E-state index contributed by atoms with van der Waals surface area (Å²) in [5.74, 6) is -1.67. The van der Waals surface area contributed by atoms with Gasteiger partial charge in [0.15, 0.2) is 5.83 Å². The van der Waals surface area contributed by atoms with Crippen molar-refractivity contribution in [2.75, 3.05) is 0 Å². The summed E-state index contributed by atoms with van der Waals surface area (Å²) >= 11 is 0. The van der Waals surface area contributed by atoms with E-state index in [0.29, 0.717) is 6.42 Å². The lowest BCUT2D eigenvalue weighted by Crippen LogP contribution is -2.13. The Morgan fingerprint density at radius 1 is 1.33 bits per heavy atom. The van der Waals surface area contributed by atoms with Crippen LogP contribution in [0, 0.1) is 0 Å². The highest BCUT2D eigenvalue weighted by molar-refractivity contribution is 5.31. The first-order chi connectivity index (χ1) is 6.92. The van der Waals surface area contributed by atoms with Gasteiger partial charge in [0, 0.05) is 6.42 Å². The minimum atomic E-state index is -4.84. The third kappa shape index (κ3) is 3.77. The molecule has 1 nitrogen and oxygen atoms in total. The summed E-state index contributed by atoms with van der Waals surface area (Å²) in [6, 6.07) is 0. The van der Waals surface area contributed by atoms with Crippen molar-refractivity contribution in [1.82, 2.24) is 0 Å². The van der Waals surface area contributed by atoms with Crippen molar-refractivity contribution in [3.8, 4) is 0 Å². The number of hydrogen-bond donors (Lipinski definition) is 0. The first-order valence-electron chi connectivity index (χ1n) is 4.44. The molecule has 84 valence electrons. The van der Waals surface area contributed by atoms with Crippen LogP contribution < -0.4 is 0 Å². The third-order valence-electron chi connectivity index (χ3n) is 1.91. The summed E-state index contributed by atoms with van der Waals surface area (Å²) in [5.41, 5.74) is 0.783. The minimum absolute atomic E-state index is 0.179. The predicted octanol–water partition coefficient (Wildman–Crippen LogP) is 4.00. The zero-order valence-electron chi connectivity index (χ0n) is 8.07. The van der Waals surface area contributed by atoms with E-state index in [4.69, 9.17) is 0 Å². The second-order valence-electron chi connectivity index (χ2n) is 2.99. The topological polar surface area (TPSA) is 9.23 Å². The SMILES string of the molecule is CCC1=CCC(OC(F)(F)F)=C(F)C=C1. The average molecular weight is 222 g/mol. The lowest BCUT2D eigenvalue weighted by atomic mass is 10.2. The quantitative estimate of drug-likeness (QED) is 0.641. The largest absolute Gasteiger partial charge is 0.572 e. The van der Waals surface area contributed by atoms with E-state index in [-0.39, 0.29) is 6.42 Å². The van der Waals surface area contributed by atoms with Crippen LogP contribution in [0.3, 0.4) is 0 Å². The molecule has 0 atom stereocenters. The first-order valence-corrected chi connectivity index (χ1v) is 4.44. The number of halogens is 4. The fourth-order valence-electron chi connectivity index (χ4n) is 1.15. The van der Waals surface area contributed by atoms with Crippen LogP contribution in [0.5, 0.6) is 0 Å². The number of rotatable bonds is 2. The second kappa shape index (κ2) is 4.51. The van der Waals surface area contributed by atoms with Crippen LogP contribution in [0.4, 0.5) is 17.6 Å². The molecule has 0 radical (unpaired) electrons. The first kappa shape index (κ1) is 11.8. The Labute approximate surface area is 84.7 Å². The molecule has 0 saturated heterocycles. The van der Waals surface area contributed by atoms with Crippen LogP contribution in [0.15, 0.2) is 35.4 Å². The van der Waals surface area contributed by atoms with Gasteiger partial charge >= 0.3 is 6.36 Å². The van der Waals surface area contributed by atoms with E-state index in [1.807, 2.05) is 6.92 Å². The highest BCUT2D eigenvalue weighted by Crippen LogP contribution is 2.28. The molecule has 0 fully saturated rings. The Morgan fingerprint density at radius 3 is 2.53 bits per heavy atom. The standard InChI is InChI=1S/C10H10F4O/c1-2-7-3-5-8(11)9(6-4-7)15-10(12,13)14/h3-5H,2,6H2,1H3. The van der Waals surface area contributed by atoms with E-state index in [0.717, 1.165) is 11.6 Å². The van der Waals surface area contributed by atoms with Crippen LogP contribution in [0.25, 0.3) is 0 Å². The van der Waals surface area contributed by atoms with Crippen molar-refractivity contribution in [2.45, 2.75) is 26.1 Å². The number of alkyl halides is 3. The monoisotopic (exact) mass is 222 g/mol. The van der Waals surface area contributed by atoms with Gasteiger partial charge in [0.05, 0.1) is 0 Å². The van der Waals surface area contributed by atoms with Gasteiger partial charge < -0.3 is 4.74 Å². The van der Waals surface area contributed by atoms with Gasteiger partial charge in [-0.2, -0.15) is 0 Å². The summed E-state index contributed by atoms with van der Waals surface area (Å²) in [6.45, 7) is 1.84. The molecule has 1 aliphatic carbocycles. The van der Waals surface area contributed by atoms with Crippen molar-refractivity contribution in [2.24, 2.45) is 0 Å². The summed E-state index contributed by atoms with van der Waals surface area (Å²) in [7, 11) is 0. The molecule has 0 saturated carbocycles. The smallest absolute Gasteiger partial charge is 0.407 e. The van der Waals surface area contributed by atoms with E-state index < -0.39 is 17.9 Å². The molecule has 1 rings (SSSR count). The van der Waals surface area contributed by atoms with E-state index in [2.05, 4.69) is 4.74 Å². The minimum Gasteiger partial charge on any atom is -0.407 e. The fraction of sp³-hybridized carbons (Fsp3) is 0.400. The van der Waals surface area contributed by atoms with Crippen molar-refractivity contribution in [3.05, 3.63) is 35.4 Å². The van der Waals surface area contributed by atoms with Gasteiger partial charge in [-0.05, 0) is 12.5 Å². The Kier molecular flexibility index (Phi) is 3.55. The van der Waals surface area contributed by atoms with Gasteiger partial charge in [-0.3, -0.25) is 0 Å². The number of allylic oxidation sites excluding steroid dienone is 5. The van der Waals surface area contributed by atoms with Crippen LogP contribution in [-0.4, -0.2) is 6.36 Å². The zero-order chi connectivity index (χ0) is 11.5. The summed E-state index contributed by atoms with van der Waals surface area (Å²) in [4.78, 5) is 0. The zero-order valence-corrected chi connectivity index (χ0v) is 8.07. The molecular weight excluding hydrogens is 212 g/mol. The van der Waals surface area contributed by atoms with Gasteiger partial charge in [-0.15, -0.1) is 13.2 Å². The van der Waals surface area contributed by atoms with Crippen molar-refractivity contribution < 1.29 is 22.3 Å². The van der Waals surface area contributed by atoms with Crippen molar-refractivity contribution in [1.29, 1.82) is 0 Å². The molecule has 0 aromatic heterocycles. The molecular formula is C10H10F4O. The van der Waals surface area contributed by atoms with E-state index in [1.54, 1.807) is 0 Å². The molecule has 0 aromatic carbocycles. The van der Waals surface area contributed by atoms with Gasteiger partial charge in [0.25, 0.3) is 0 Å². The number of ether oxygens (including phenoxy) is 1. The van der Waals surface area contributed by atoms with Crippen LogP contribution in [0.1, 0.15) is 19.8 Å². The maximum atomic E-state index is 13.1. The predicted molar refractivity (Wildman–Crippen MR) is 47.4 cm³/mol. The normalized spacial score (nSPS) is 17.5. The average Bonchev–Trinajstić information content (AvgIpc) is 2.28.